The normalized spacial score (nSPS) is 18.0. The molecule has 2 aromatic rings. The van der Waals surface area contributed by atoms with Gasteiger partial charge in [-0.3, -0.25) is 4.90 Å². The van der Waals surface area contributed by atoms with E-state index in [1.807, 2.05) is 29.2 Å². The molecule has 4 nitrogen and oxygen atoms in total. The number of alkyl halides is 6. The summed E-state index contributed by atoms with van der Waals surface area (Å²) in [5.41, 5.74) is 1.73. The quantitative estimate of drug-likeness (QED) is 0.413. The number of amides is 1. The summed E-state index contributed by atoms with van der Waals surface area (Å²) in [6.07, 6.45) is -17.4. The highest BCUT2D eigenvalue weighted by molar-refractivity contribution is 6.30. The molecule has 1 saturated heterocycles. The van der Waals surface area contributed by atoms with Gasteiger partial charge < -0.3 is 9.64 Å². The van der Waals surface area contributed by atoms with Gasteiger partial charge in [0, 0.05) is 35.7 Å². The molecular formula is C22H20Cl2F6N2O2. The van der Waals surface area contributed by atoms with Crippen molar-refractivity contribution in [3.63, 3.8) is 0 Å². The number of halogens is 8. The second kappa shape index (κ2) is 10.2. The molecule has 0 radical (unpaired) electrons. The summed E-state index contributed by atoms with van der Waals surface area (Å²) >= 11 is 12.0. The molecule has 1 aliphatic rings. The predicted molar refractivity (Wildman–Crippen MR) is 115 cm³/mol. The van der Waals surface area contributed by atoms with Gasteiger partial charge in [-0.05, 0) is 42.3 Å². The van der Waals surface area contributed by atoms with Crippen LogP contribution in [0.2, 0.25) is 10.0 Å². The summed E-state index contributed by atoms with van der Waals surface area (Å²) in [6.45, 7) is 1.65. The average molecular weight is 529 g/mol. The first-order valence-electron chi connectivity index (χ1n) is 10.1. The first-order chi connectivity index (χ1) is 15.8. The second-order valence-corrected chi connectivity index (χ2v) is 8.76. The number of hydrogen-bond acceptors (Lipinski definition) is 3. The Balaban J connectivity index is 1.80. The van der Waals surface area contributed by atoms with Crippen LogP contribution in [0.4, 0.5) is 31.1 Å². The number of benzene rings is 2. The lowest BCUT2D eigenvalue weighted by Crippen LogP contribution is -2.56. The number of hydrogen-bond donors (Lipinski definition) is 0. The van der Waals surface area contributed by atoms with Crippen molar-refractivity contribution in [3.05, 3.63) is 69.7 Å². The minimum atomic E-state index is -5.77. The summed E-state index contributed by atoms with van der Waals surface area (Å²) in [6, 6.07) is 13.4. The Kier molecular flexibility index (Phi) is 7.94. The number of rotatable bonds is 4. The van der Waals surface area contributed by atoms with Crippen LogP contribution in [0.25, 0.3) is 0 Å². The second-order valence-electron chi connectivity index (χ2n) is 7.89. The molecule has 0 aliphatic carbocycles. The number of ether oxygens (including phenoxy) is 1. The third-order valence-corrected chi connectivity index (χ3v) is 5.96. The largest absolute Gasteiger partial charge is 0.434 e. The minimum Gasteiger partial charge on any atom is -0.426 e. The molecule has 2 aromatic carbocycles. The molecule has 12 heteroatoms. The van der Waals surface area contributed by atoms with E-state index in [-0.39, 0.29) is 25.7 Å². The minimum absolute atomic E-state index is 0.122. The first kappa shape index (κ1) is 26.4. The van der Waals surface area contributed by atoms with Gasteiger partial charge >= 0.3 is 18.4 Å². The zero-order chi connectivity index (χ0) is 25.3. The van der Waals surface area contributed by atoms with Gasteiger partial charge in [0.05, 0.1) is 6.04 Å². The molecule has 0 aromatic heterocycles. The van der Waals surface area contributed by atoms with Gasteiger partial charge in [0.2, 0.25) is 0 Å². The van der Waals surface area contributed by atoms with Gasteiger partial charge in [0.1, 0.15) is 0 Å². The van der Waals surface area contributed by atoms with Crippen molar-refractivity contribution < 1.29 is 35.9 Å². The van der Waals surface area contributed by atoms with Gasteiger partial charge in [-0.15, -0.1) is 0 Å². The van der Waals surface area contributed by atoms with Gasteiger partial charge in [-0.25, -0.2) is 4.79 Å². The predicted octanol–water partition coefficient (Wildman–Crippen LogP) is 6.72. The Morgan fingerprint density at radius 1 is 0.882 bits per heavy atom. The fourth-order valence-electron chi connectivity index (χ4n) is 3.88. The average Bonchev–Trinajstić information content (AvgIpc) is 2.74. The molecule has 186 valence electrons. The van der Waals surface area contributed by atoms with Crippen molar-refractivity contribution in [2.24, 2.45) is 0 Å². The van der Waals surface area contributed by atoms with Crippen molar-refractivity contribution in [1.82, 2.24) is 9.80 Å². The Morgan fingerprint density at radius 2 is 1.32 bits per heavy atom. The summed E-state index contributed by atoms with van der Waals surface area (Å²) in [5.74, 6) is 0. The van der Waals surface area contributed by atoms with Crippen molar-refractivity contribution in [1.29, 1.82) is 0 Å². The van der Waals surface area contributed by atoms with Crippen LogP contribution in [0.1, 0.15) is 24.1 Å². The van der Waals surface area contributed by atoms with Crippen molar-refractivity contribution in [2.75, 3.05) is 19.6 Å². The van der Waals surface area contributed by atoms with Gasteiger partial charge in [-0.2, -0.15) is 26.3 Å². The molecule has 0 bridgehead atoms. The Labute approximate surface area is 202 Å². The molecule has 1 heterocycles. The molecule has 1 atom stereocenters. The van der Waals surface area contributed by atoms with E-state index >= 15 is 0 Å². The van der Waals surface area contributed by atoms with Crippen molar-refractivity contribution in [2.45, 2.75) is 37.5 Å². The lowest BCUT2D eigenvalue weighted by atomic mass is 9.95. The number of carbonyl (C=O) groups excluding carboxylic acids is 1. The number of nitrogens with zero attached hydrogens (tertiary/aromatic N) is 2. The van der Waals surface area contributed by atoms with E-state index in [4.69, 9.17) is 23.2 Å². The van der Waals surface area contributed by atoms with Crippen LogP contribution in [-0.4, -0.2) is 60.0 Å². The van der Waals surface area contributed by atoms with Crippen molar-refractivity contribution >= 4 is 29.3 Å². The van der Waals surface area contributed by atoms with Crippen LogP contribution < -0.4 is 0 Å². The smallest absolute Gasteiger partial charge is 0.426 e. The summed E-state index contributed by atoms with van der Waals surface area (Å²) in [7, 11) is 0. The number of piperazine rings is 1. The Bertz CT molecular complexity index is 923. The van der Waals surface area contributed by atoms with E-state index in [0.29, 0.717) is 10.0 Å². The SMILES string of the molecule is CC1CN(C(=O)OC(C(F)(F)F)C(F)(F)F)CCN1C(c1ccc(Cl)cc1)c1ccc(Cl)cc1. The van der Waals surface area contributed by atoms with E-state index in [2.05, 4.69) is 4.74 Å². The molecule has 1 unspecified atom stereocenters. The summed E-state index contributed by atoms with van der Waals surface area (Å²) in [4.78, 5) is 15.0. The van der Waals surface area contributed by atoms with Crippen LogP contribution in [0, 0.1) is 0 Å². The van der Waals surface area contributed by atoms with E-state index in [9.17, 15) is 31.1 Å². The maximum atomic E-state index is 12.8. The van der Waals surface area contributed by atoms with Crippen LogP contribution in [0.15, 0.2) is 48.5 Å². The van der Waals surface area contributed by atoms with Crippen LogP contribution >= 0.6 is 23.2 Å². The third-order valence-electron chi connectivity index (χ3n) is 5.45. The zero-order valence-corrected chi connectivity index (χ0v) is 19.2. The fourth-order valence-corrected chi connectivity index (χ4v) is 4.13. The monoisotopic (exact) mass is 528 g/mol. The topological polar surface area (TPSA) is 32.8 Å². The van der Waals surface area contributed by atoms with Gasteiger partial charge in [-0.1, -0.05) is 47.5 Å². The van der Waals surface area contributed by atoms with E-state index < -0.39 is 30.6 Å². The highest BCUT2D eigenvalue weighted by Crippen LogP contribution is 2.37. The maximum absolute atomic E-state index is 12.8. The molecule has 1 aliphatic heterocycles. The molecule has 34 heavy (non-hydrogen) atoms. The molecule has 3 rings (SSSR count). The van der Waals surface area contributed by atoms with E-state index in [0.717, 1.165) is 16.0 Å². The Morgan fingerprint density at radius 3 is 1.71 bits per heavy atom. The first-order valence-corrected chi connectivity index (χ1v) is 10.9. The van der Waals surface area contributed by atoms with Crippen LogP contribution in [-0.2, 0) is 4.74 Å². The lowest BCUT2D eigenvalue weighted by molar-refractivity contribution is -0.308. The van der Waals surface area contributed by atoms with E-state index in [1.54, 1.807) is 31.2 Å². The van der Waals surface area contributed by atoms with Crippen LogP contribution in [0.5, 0.6) is 0 Å². The molecule has 0 spiro atoms. The van der Waals surface area contributed by atoms with Crippen LogP contribution in [0.3, 0.4) is 0 Å². The fraction of sp³-hybridized carbons (Fsp3) is 0.409. The molecule has 0 saturated carbocycles. The number of carbonyl (C=O) groups is 1. The standard InChI is InChI=1S/C22H20Cl2F6N2O2/c1-13-12-31(20(33)34-19(21(25,26)27)22(28,29)30)10-11-32(13)18(14-2-6-16(23)7-3-14)15-4-8-17(24)9-5-15/h2-9,13,18-19H,10-12H2,1H3. The summed E-state index contributed by atoms with van der Waals surface area (Å²) < 4.78 is 80.5. The van der Waals surface area contributed by atoms with Gasteiger partial charge in [0.25, 0.3) is 6.10 Å². The highest BCUT2D eigenvalue weighted by Gasteiger charge is 2.60. The maximum Gasteiger partial charge on any atom is 0.434 e. The molecular weight excluding hydrogens is 509 g/mol. The summed E-state index contributed by atoms with van der Waals surface area (Å²) in [5, 5.41) is 1.06. The lowest BCUT2D eigenvalue weighted by Gasteiger charge is -2.44. The Hall–Kier alpha value is -2.17. The van der Waals surface area contributed by atoms with Crippen molar-refractivity contribution in [3.8, 4) is 0 Å². The zero-order valence-electron chi connectivity index (χ0n) is 17.7. The highest BCUT2D eigenvalue weighted by atomic mass is 35.5. The third kappa shape index (κ3) is 6.28. The molecule has 1 amide bonds. The molecule has 0 N–H and O–H groups in total. The van der Waals surface area contributed by atoms with E-state index in [1.165, 1.54) is 0 Å². The molecule has 1 fully saturated rings. The van der Waals surface area contributed by atoms with Gasteiger partial charge in [0.15, 0.2) is 0 Å².